The average molecular weight is 481 g/mol. The highest BCUT2D eigenvalue weighted by molar-refractivity contribution is 7.99. The molecule has 7 heteroatoms. The van der Waals surface area contributed by atoms with E-state index in [0.717, 1.165) is 35.8 Å². The number of anilines is 1. The molecule has 0 radical (unpaired) electrons. The zero-order chi connectivity index (χ0) is 23.2. The number of benzene rings is 3. The molecular formula is C26H27ClN3O2S+. The zero-order valence-electron chi connectivity index (χ0n) is 18.5. The van der Waals surface area contributed by atoms with Crippen molar-refractivity contribution in [3.63, 3.8) is 0 Å². The highest BCUT2D eigenvalue weighted by Gasteiger charge is 2.19. The summed E-state index contributed by atoms with van der Waals surface area (Å²) in [5, 5.41) is 6.55. The van der Waals surface area contributed by atoms with Crippen LogP contribution in [0.15, 0.2) is 76.5 Å². The summed E-state index contributed by atoms with van der Waals surface area (Å²) in [4.78, 5) is 27.8. The Morgan fingerprint density at radius 3 is 2.55 bits per heavy atom. The molecule has 5 nitrogen and oxygen atoms in total. The molecule has 4 rings (SSSR count). The average Bonchev–Trinajstić information content (AvgIpc) is 2.81. The van der Waals surface area contributed by atoms with E-state index in [1.54, 1.807) is 12.1 Å². The van der Waals surface area contributed by atoms with Gasteiger partial charge in [0.2, 0.25) is 5.91 Å². The predicted octanol–water partition coefficient (Wildman–Crippen LogP) is 3.82. The van der Waals surface area contributed by atoms with Gasteiger partial charge in [0.1, 0.15) is 6.54 Å². The Balaban J connectivity index is 1.37. The van der Waals surface area contributed by atoms with Crippen molar-refractivity contribution in [2.45, 2.75) is 29.7 Å². The second-order valence-electron chi connectivity index (χ2n) is 8.15. The van der Waals surface area contributed by atoms with Crippen molar-refractivity contribution in [3.8, 4) is 0 Å². The molecule has 0 saturated carbocycles. The molecule has 2 amide bonds. The van der Waals surface area contributed by atoms with Crippen LogP contribution < -0.4 is 15.5 Å². The van der Waals surface area contributed by atoms with Crippen LogP contribution in [0, 0.1) is 0 Å². The first kappa shape index (κ1) is 23.4. The predicted molar refractivity (Wildman–Crippen MR) is 133 cm³/mol. The van der Waals surface area contributed by atoms with Gasteiger partial charge in [-0.2, -0.15) is 0 Å². The maximum atomic E-state index is 12.8. The summed E-state index contributed by atoms with van der Waals surface area (Å²) < 4.78 is 0. The van der Waals surface area contributed by atoms with Gasteiger partial charge in [0.25, 0.3) is 5.91 Å². The van der Waals surface area contributed by atoms with Crippen LogP contribution in [0.1, 0.15) is 28.4 Å². The van der Waals surface area contributed by atoms with Crippen molar-refractivity contribution >= 4 is 40.9 Å². The quantitative estimate of drug-likeness (QED) is 0.481. The van der Waals surface area contributed by atoms with Gasteiger partial charge in [0, 0.05) is 39.3 Å². The number of rotatable bonds is 7. The fraction of sp³-hybridized carbons (Fsp3) is 0.231. The van der Waals surface area contributed by atoms with E-state index < -0.39 is 0 Å². The minimum absolute atomic E-state index is 0.138. The monoisotopic (exact) mass is 480 g/mol. The third-order valence-electron chi connectivity index (χ3n) is 5.66. The van der Waals surface area contributed by atoms with Gasteiger partial charge in [0.05, 0.1) is 25.3 Å². The Morgan fingerprint density at radius 1 is 1.03 bits per heavy atom. The van der Waals surface area contributed by atoms with Gasteiger partial charge in [-0.05, 0) is 48.0 Å². The van der Waals surface area contributed by atoms with Crippen molar-refractivity contribution in [2.75, 3.05) is 25.0 Å². The lowest BCUT2D eigenvalue weighted by molar-refractivity contribution is -0.914. The number of carbonyl (C=O) groups is 2. The van der Waals surface area contributed by atoms with E-state index in [1.165, 1.54) is 34.7 Å². The van der Waals surface area contributed by atoms with Crippen molar-refractivity contribution in [1.29, 1.82) is 0 Å². The van der Waals surface area contributed by atoms with Gasteiger partial charge in [-0.3, -0.25) is 9.59 Å². The fourth-order valence-corrected chi connectivity index (χ4v) is 5.00. The lowest BCUT2D eigenvalue weighted by Crippen LogP contribution is -3.12. The van der Waals surface area contributed by atoms with E-state index in [0.29, 0.717) is 22.8 Å². The molecule has 1 aliphatic rings. The number of nitrogens with one attached hydrogen (secondary N) is 3. The molecule has 170 valence electrons. The summed E-state index contributed by atoms with van der Waals surface area (Å²) in [5.74, 6) is -0.319. The maximum Gasteiger partial charge on any atom is 0.251 e. The highest BCUT2D eigenvalue weighted by Crippen LogP contribution is 2.34. The summed E-state index contributed by atoms with van der Waals surface area (Å²) in [6, 6.07) is 21.5. The number of halogens is 1. The fourth-order valence-electron chi connectivity index (χ4n) is 3.99. The summed E-state index contributed by atoms with van der Waals surface area (Å²) in [6.45, 7) is 5.02. The van der Waals surface area contributed by atoms with E-state index in [4.69, 9.17) is 11.6 Å². The number of carbonyl (C=O) groups excluding carboxylic acids is 2. The maximum absolute atomic E-state index is 12.8. The summed E-state index contributed by atoms with van der Waals surface area (Å²) in [6.07, 6.45) is 1.08. The summed E-state index contributed by atoms with van der Waals surface area (Å²) >= 11 is 7.48. The van der Waals surface area contributed by atoms with Gasteiger partial charge in [-0.25, -0.2) is 0 Å². The molecule has 0 aliphatic carbocycles. The molecule has 1 unspecified atom stereocenters. The first-order valence-corrected chi connectivity index (χ1v) is 12.2. The van der Waals surface area contributed by atoms with Crippen LogP contribution in [-0.2, 0) is 17.8 Å². The van der Waals surface area contributed by atoms with Crippen LogP contribution in [-0.4, -0.2) is 31.4 Å². The molecule has 0 spiro atoms. The van der Waals surface area contributed by atoms with E-state index in [1.807, 2.05) is 30.3 Å². The van der Waals surface area contributed by atoms with Crippen LogP contribution in [0.3, 0.4) is 0 Å². The lowest BCUT2D eigenvalue weighted by atomic mass is 10.00. The topological polar surface area (TPSA) is 62.6 Å². The van der Waals surface area contributed by atoms with Crippen molar-refractivity contribution in [1.82, 2.24) is 5.32 Å². The minimum Gasteiger partial charge on any atom is -0.346 e. The van der Waals surface area contributed by atoms with E-state index in [9.17, 15) is 9.59 Å². The largest absolute Gasteiger partial charge is 0.346 e. The smallest absolute Gasteiger partial charge is 0.251 e. The standard InChI is InChI=1S/C26H26ClN3O2S/c1-18(31)29-24-16-20(6-11-25(24)33-23-9-7-22(27)8-10-23)26(32)28-13-15-30-14-12-19-4-2-3-5-21(19)17-30/h2-11,16H,12-15,17H2,1H3,(H,28,32)(H,29,31)/p+1. The van der Waals surface area contributed by atoms with Crippen LogP contribution >= 0.6 is 23.4 Å². The van der Waals surface area contributed by atoms with E-state index in [-0.39, 0.29) is 11.8 Å². The molecule has 0 saturated heterocycles. The van der Waals surface area contributed by atoms with Crippen LogP contribution in [0.25, 0.3) is 0 Å². The molecular weight excluding hydrogens is 454 g/mol. The third kappa shape index (κ3) is 6.38. The number of fused-ring (bicyclic) bond motifs is 1. The van der Waals surface area contributed by atoms with Gasteiger partial charge >= 0.3 is 0 Å². The molecule has 1 atom stereocenters. The number of quaternary nitrogens is 1. The normalized spacial score (nSPS) is 14.9. The number of hydrogen-bond donors (Lipinski definition) is 3. The van der Waals surface area contributed by atoms with E-state index in [2.05, 4.69) is 34.9 Å². The highest BCUT2D eigenvalue weighted by atomic mass is 35.5. The van der Waals surface area contributed by atoms with E-state index >= 15 is 0 Å². The first-order chi connectivity index (χ1) is 16.0. The Kier molecular flexibility index (Phi) is 7.70. The van der Waals surface area contributed by atoms with Gasteiger partial charge < -0.3 is 15.5 Å². The van der Waals surface area contributed by atoms with Gasteiger partial charge in [-0.15, -0.1) is 0 Å². The molecule has 3 aromatic carbocycles. The Bertz CT molecular complexity index is 1150. The van der Waals surface area contributed by atoms with Crippen molar-refractivity contribution < 1.29 is 14.5 Å². The van der Waals surface area contributed by atoms with Crippen LogP contribution in [0.5, 0.6) is 0 Å². The SMILES string of the molecule is CC(=O)Nc1cc(C(=O)NCC[NH+]2CCc3ccccc3C2)ccc1Sc1ccc(Cl)cc1. The van der Waals surface area contributed by atoms with Gasteiger partial charge in [0.15, 0.2) is 0 Å². The van der Waals surface area contributed by atoms with Crippen molar-refractivity contribution in [3.05, 3.63) is 88.4 Å². The summed E-state index contributed by atoms with van der Waals surface area (Å²) in [5.41, 5.74) is 3.98. The molecule has 1 aliphatic heterocycles. The third-order valence-corrected chi connectivity index (χ3v) is 7.00. The summed E-state index contributed by atoms with van der Waals surface area (Å²) in [7, 11) is 0. The van der Waals surface area contributed by atoms with Crippen molar-refractivity contribution in [2.24, 2.45) is 0 Å². The molecule has 0 aromatic heterocycles. The molecule has 1 heterocycles. The van der Waals surface area contributed by atoms with Crippen LogP contribution in [0.4, 0.5) is 5.69 Å². The zero-order valence-corrected chi connectivity index (χ0v) is 20.1. The molecule has 0 fully saturated rings. The Hall–Kier alpha value is -2.80. The Labute approximate surface area is 203 Å². The molecule has 3 N–H and O–H groups in total. The minimum atomic E-state index is -0.181. The number of hydrogen-bond acceptors (Lipinski definition) is 3. The van der Waals surface area contributed by atoms with Crippen LogP contribution in [0.2, 0.25) is 5.02 Å². The first-order valence-electron chi connectivity index (χ1n) is 11.0. The number of amides is 2. The molecule has 3 aromatic rings. The molecule has 0 bridgehead atoms. The lowest BCUT2D eigenvalue weighted by Gasteiger charge is -2.25. The second-order valence-corrected chi connectivity index (χ2v) is 9.70. The van der Waals surface area contributed by atoms with Gasteiger partial charge in [-0.1, -0.05) is 47.6 Å². The molecule has 33 heavy (non-hydrogen) atoms. The second kappa shape index (κ2) is 10.9. The Morgan fingerprint density at radius 2 is 1.79 bits per heavy atom.